The van der Waals surface area contributed by atoms with E-state index in [0.717, 1.165) is 12.8 Å². The standard InChI is InChI=1S/C22H20N2O5/c25-19-8-4-5-13-24(19)14-17-11-12-18(28-17)22(27)29-20(15-6-2-1-3-7-15)21(26)23-16-9-10-16/h1-8,11-13,16,20H,9-10,14H2,(H,23,26)/t20-/m1/s1. The van der Waals surface area contributed by atoms with Crippen LogP contribution >= 0.6 is 0 Å². The Morgan fingerprint density at radius 3 is 2.55 bits per heavy atom. The molecule has 1 aromatic carbocycles. The van der Waals surface area contributed by atoms with Gasteiger partial charge >= 0.3 is 5.97 Å². The van der Waals surface area contributed by atoms with Gasteiger partial charge < -0.3 is 19.0 Å². The molecular formula is C22H20N2O5. The van der Waals surface area contributed by atoms with Crippen LogP contribution in [0.5, 0.6) is 0 Å². The van der Waals surface area contributed by atoms with Crippen LogP contribution in [0.15, 0.2) is 76.1 Å². The van der Waals surface area contributed by atoms with Crippen molar-refractivity contribution in [3.05, 3.63) is 94.3 Å². The van der Waals surface area contributed by atoms with Crippen LogP contribution in [0.25, 0.3) is 0 Å². The Balaban J connectivity index is 1.49. The SMILES string of the molecule is O=C(O[C@@H](C(=O)NC1CC1)c1ccccc1)c1ccc(Cn2ccccc2=O)o1. The van der Waals surface area contributed by atoms with Gasteiger partial charge in [0.2, 0.25) is 11.9 Å². The number of amides is 1. The van der Waals surface area contributed by atoms with Gasteiger partial charge in [-0.2, -0.15) is 0 Å². The van der Waals surface area contributed by atoms with E-state index >= 15 is 0 Å². The molecule has 0 bridgehead atoms. The maximum Gasteiger partial charge on any atom is 0.375 e. The largest absolute Gasteiger partial charge is 0.452 e. The molecule has 148 valence electrons. The minimum Gasteiger partial charge on any atom is -0.452 e. The van der Waals surface area contributed by atoms with E-state index in [9.17, 15) is 14.4 Å². The summed E-state index contributed by atoms with van der Waals surface area (Å²) in [4.78, 5) is 37.0. The van der Waals surface area contributed by atoms with Crippen LogP contribution in [-0.2, 0) is 16.1 Å². The second kappa shape index (κ2) is 8.18. The van der Waals surface area contributed by atoms with E-state index in [1.807, 2.05) is 6.07 Å². The van der Waals surface area contributed by atoms with Crippen molar-refractivity contribution in [1.29, 1.82) is 0 Å². The van der Waals surface area contributed by atoms with Crippen LogP contribution in [0, 0.1) is 0 Å². The average Bonchev–Trinajstić information content (AvgIpc) is 3.42. The van der Waals surface area contributed by atoms with E-state index in [2.05, 4.69) is 5.32 Å². The molecule has 1 aliphatic carbocycles. The van der Waals surface area contributed by atoms with Crippen LogP contribution < -0.4 is 10.9 Å². The third kappa shape index (κ3) is 4.63. The number of carbonyl (C=O) groups is 2. The number of hydrogen-bond donors (Lipinski definition) is 1. The Morgan fingerprint density at radius 2 is 1.83 bits per heavy atom. The zero-order valence-corrected chi connectivity index (χ0v) is 15.6. The summed E-state index contributed by atoms with van der Waals surface area (Å²) in [6.07, 6.45) is 2.44. The predicted octanol–water partition coefficient (Wildman–Crippen LogP) is 2.67. The van der Waals surface area contributed by atoms with Crippen LogP contribution in [0.2, 0.25) is 0 Å². The Bertz CT molecular complexity index is 1070. The van der Waals surface area contributed by atoms with E-state index in [1.54, 1.807) is 48.7 Å². The summed E-state index contributed by atoms with van der Waals surface area (Å²) in [7, 11) is 0. The molecule has 1 amide bonds. The van der Waals surface area contributed by atoms with Crippen LogP contribution in [0.1, 0.15) is 40.8 Å². The van der Waals surface area contributed by atoms with Gasteiger partial charge in [0.05, 0.1) is 6.54 Å². The molecule has 29 heavy (non-hydrogen) atoms. The average molecular weight is 392 g/mol. The number of nitrogens with zero attached hydrogens (tertiary/aromatic N) is 1. The number of furan rings is 1. The number of nitrogens with one attached hydrogen (secondary N) is 1. The number of carbonyl (C=O) groups excluding carboxylic acids is 2. The summed E-state index contributed by atoms with van der Waals surface area (Å²) in [5, 5.41) is 2.87. The smallest absolute Gasteiger partial charge is 0.375 e. The summed E-state index contributed by atoms with van der Waals surface area (Å²) >= 11 is 0. The van der Waals surface area contributed by atoms with E-state index in [1.165, 1.54) is 16.7 Å². The maximum absolute atomic E-state index is 12.6. The second-order valence-electron chi connectivity index (χ2n) is 6.91. The molecule has 0 spiro atoms. The molecule has 1 N–H and O–H groups in total. The normalized spacial score (nSPS) is 14.2. The number of hydrogen-bond acceptors (Lipinski definition) is 5. The molecule has 1 atom stereocenters. The van der Waals surface area contributed by atoms with Gasteiger partial charge in [0.1, 0.15) is 5.76 Å². The Labute approximate surface area is 166 Å². The molecule has 4 rings (SSSR count). The molecule has 1 fully saturated rings. The predicted molar refractivity (Wildman–Crippen MR) is 104 cm³/mol. The van der Waals surface area contributed by atoms with Gasteiger partial charge in [-0.15, -0.1) is 0 Å². The van der Waals surface area contributed by atoms with Gasteiger partial charge in [-0.1, -0.05) is 36.4 Å². The van der Waals surface area contributed by atoms with Gasteiger partial charge in [0.25, 0.3) is 11.5 Å². The van der Waals surface area contributed by atoms with Crippen LogP contribution in [0.4, 0.5) is 0 Å². The molecular weight excluding hydrogens is 372 g/mol. The molecule has 2 heterocycles. The van der Waals surface area contributed by atoms with Crippen LogP contribution in [-0.4, -0.2) is 22.5 Å². The van der Waals surface area contributed by atoms with Crippen molar-refractivity contribution in [2.45, 2.75) is 31.5 Å². The first kappa shape index (κ1) is 18.7. The number of pyridine rings is 1. The highest BCUT2D eigenvalue weighted by atomic mass is 16.6. The highest BCUT2D eigenvalue weighted by Crippen LogP contribution is 2.24. The molecule has 0 radical (unpaired) electrons. The third-order valence-corrected chi connectivity index (χ3v) is 4.58. The monoisotopic (exact) mass is 392 g/mol. The van der Waals surface area contributed by atoms with Crippen molar-refractivity contribution in [2.75, 3.05) is 0 Å². The van der Waals surface area contributed by atoms with Crippen molar-refractivity contribution >= 4 is 11.9 Å². The van der Waals surface area contributed by atoms with Crippen molar-refractivity contribution in [2.24, 2.45) is 0 Å². The lowest BCUT2D eigenvalue weighted by molar-refractivity contribution is -0.130. The topological polar surface area (TPSA) is 90.5 Å². The summed E-state index contributed by atoms with van der Waals surface area (Å²) in [5.74, 6) is -0.681. The Morgan fingerprint density at radius 1 is 1.07 bits per heavy atom. The zero-order chi connectivity index (χ0) is 20.2. The first-order valence-corrected chi connectivity index (χ1v) is 9.40. The second-order valence-corrected chi connectivity index (χ2v) is 6.91. The summed E-state index contributed by atoms with van der Waals surface area (Å²) in [5.41, 5.74) is 0.413. The Kier molecular flexibility index (Phi) is 5.29. The van der Waals surface area contributed by atoms with Gasteiger partial charge in [0.15, 0.2) is 0 Å². The lowest BCUT2D eigenvalue weighted by atomic mass is 10.1. The number of aromatic nitrogens is 1. The fraction of sp³-hybridized carbons (Fsp3) is 0.227. The first-order valence-electron chi connectivity index (χ1n) is 9.40. The number of esters is 1. The molecule has 2 aromatic heterocycles. The highest BCUT2D eigenvalue weighted by Gasteiger charge is 2.31. The molecule has 3 aromatic rings. The van der Waals surface area contributed by atoms with Gasteiger partial charge in [-0.25, -0.2) is 4.79 Å². The molecule has 1 aliphatic rings. The van der Waals surface area contributed by atoms with E-state index in [-0.39, 0.29) is 29.8 Å². The highest BCUT2D eigenvalue weighted by molar-refractivity contribution is 5.90. The van der Waals surface area contributed by atoms with Crippen LogP contribution in [0.3, 0.4) is 0 Å². The van der Waals surface area contributed by atoms with Gasteiger partial charge in [-0.05, 0) is 31.0 Å². The molecule has 7 heteroatoms. The van der Waals surface area contributed by atoms with Gasteiger partial charge in [-0.3, -0.25) is 9.59 Å². The van der Waals surface area contributed by atoms with E-state index < -0.39 is 12.1 Å². The lowest BCUT2D eigenvalue weighted by Crippen LogP contribution is -2.33. The molecule has 0 saturated heterocycles. The minimum atomic E-state index is -1.06. The minimum absolute atomic E-state index is 0.0240. The van der Waals surface area contributed by atoms with Crippen molar-refractivity contribution in [3.63, 3.8) is 0 Å². The molecule has 0 aliphatic heterocycles. The van der Waals surface area contributed by atoms with Crippen molar-refractivity contribution in [3.8, 4) is 0 Å². The molecule has 0 unspecified atom stereocenters. The molecule has 1 saturated carbocycles. The fourth-order valence-electron chi connectivity index (χ4n) is 2.90. The zero-order valence-electron chi connectivity index (χ0n) is 15.6. The summed E-state index contributed by atoms with van der Waals surface area (Å²) < 4.78 is 12.5. The maximum atomic E-state index is 12.6. The van der Waals surface area contributed by atoms with Crippen molar-refractivity contribution < 1.29 is 18.7 Å². The Hall–Kier alpha value is -3.61. The quantitative estimate of drug-likeness (QED) is 0.625. The lowest BCUT2D eigenvalue weighted by Gasteiger charge is -2.17. The first-order chi connectivity index (χ1) is 14.1. The fourth-order valence-corrected chi connectivity index (χ4v) is 2.90. The van der Waals surface area contributed by atoms with Crippen molar-refractivity contribution in [1.82, 2.24) is 9.88 Å². The third-order valence-electron chi connectivity index (χ3n) is 4.58. The summed E-state index contributed by atoms with van der Waals surface area (Å²) in [6, 6.07) is 16.9. The van der Waals surface area contributed by atoms with E-state index in [0.29, 0.717) is 11.3 Å². The van der Waals surface area contributed by atoms with Gasteiger partial charge in [0, 0.05) is 23.9 Å². The summed E-state index contributed by atoms with van der Waals surface area (Å²) in [6.45, 7) is 0.192. The van der Waals surface area contributed by atoms with E-state index in [4.69, 9.17) is 9.15 Å². The molecule has 7 nitrogen and oxygen atoms in total. The number of rotatable bonds is 7. The number of benzene rings is 1. The number of ether oxygens (including phenoxy) is 1.